The fourth-order valence-corrected chi connectivity index (χ4v) is 1.99. The third kappa shape index (κ3) is 3.92. The van der Waals surface area contributed by atoms with E-state index in [0.29, 0.717) is 29.7 Å². The van der Waals surface area contributed by atoms with Crippen molar-refractivity contribution in [3.63, 3.8) is 0 Å². The summed E-state index contributed by atoms with van der Waals surface area (Å²) in [6.07, 6.45) is 1.76. The van der Waals surface area contributed by atoms with Crippen LogP contribution in [0.5, 0.6) is 11.5 Å². The first-order valence-electron chi connectivity index (χ1n) is 6.71. The maximum Gasteiger partial charge on any atom is 0.161 e. The van der Waals surface area contributed by atoms with Crippen LogP contribution in [0.25, 0.3) is 0 Å². The van der Waals surface area contributed by atoms with E-state index in [1.165, 1.54) is 0 Å². The highest BCUT2D eigenvalue weighted by molar-refractivity contribution is 7.80. The zero-order valence-corrected chi connectivity index (χ0v) is 12.9. The minimum atomic E-state index is 0.336. The topological polar surface area (TPSA) is 57.4 Å². The third-order valence-corrected chi connectivity index (χ3v) is 3.25. The van der Waals surface area contributed by atoms with E-state index in [1.807, 2.05) is 38.1 Å². The van der Waals surface area contributed by atoms with E-state index < -0.39 is 0 Å². The maximum absolute atomic E-state index is 5.82. The molecular weight excluding hydrogens is 284 g/mol. The lowest BCUT2D eigenvalue weighted by atomic mass is 10.2. The van der Waals surface area contributed by atoms with E-state index in [-0.39, 0.29) is 0 Å². The summed E-state index contributed by atoms with van der Waals surface area (Å²) in [6, 6.07) is 9.35. The average molecular weight is 302 g/mol. The quantitative estimate of drug-likeness (QED) is 0.831. The molecular formula is C16H18N2O2S. The Bertz CT molecular complexity index is 644. The highest BCUT2D eigenvalue weighted by Crippen LogP contribution is 2.29. The Morgan fingerprint density at radius 3 is 2.71 bits per heavy atom. The van der Waals surface area contributed by atoms with Crippen LogP contribution in [0.1, 0.15) is 23.7 Å². The zero-order valence-electron chi connectivity index (χ0n) is 12.1. The number of ether oxygens (including phenoxy) is 2. The van der Waals surface area contributed by atoms with Gasteiger partial charge in [-0.1, -0.05) is 18.3 Å². The summed E-state index contributed by atoms with van der Waals surface area (Å²) < 4.78 is 11.4. The van der Waals surface area contributed by atoms with E-state index >= 15 is 0 Å². The van der Waals surface area contributed by atoms with Crippen molar-refractivity contribution in [2.75, 3.05) is 6.61 Å². The Balaban J connectivity index is 2.19. The number of nitrogens with two attached hydrogens (primary N) is 1. The van der Waals surface area contributed by atoms with Crippen LogP contribution in [0.2, 0.25) is 0 Å². The van der Waals surface area contributed by atoms with Crippen molar-refractivity contribution >= 4 is 17.2 Å². The second kappa shape index (κ2) is 7.04. The van der Waals surface area contributed by atoms with E-state index in [9.17, 15) is 0 Å². The molecule has 0 atom stereocenters. The molecule has 2 aromatic rings. The molecule has 2 N–H and O–H groups in total. The van der Waals surface area contributed by atoms with E-state index in [0.717, 1.165) is 16.8 Å². The number of pyridine rings is 1. The molecule has 1 aromatic heterocycles. The molecule has 1 aromatic carbocycles. The predicted octanol–water partition coefficient (Wildman–Crippen LogP) is 3.00. The Morgan fingerprint density at radius 2 is 2.05 bits per heavy atom. The summed E-state index contributed by atoms with van der Waals surface area (Å²) in [4.78, 5) is 4.64. The third-order valence-electron chi connectivity index (χ3n) is 3.01. The van der Waals surface area contributed by atoms with Crippen molar-refractivity contribution in [1.82, 2.24) is 4.98 Å². The van der Waals surface area contributed by atoms with Crippen molar-refractivity contribution in [2.45, 2.75) is 20.5 Å². The molecule has 0 unspecified atom stereocenters. The molecule has 0 saturated carbocycles. The van der Waals surface area contributed by atoms with Gasteiger partial charge in [0, 0.05) is 11.8 Å². The summed E-state index contributed by atoms with van der Waals surface area (Å²) in [5, 5.41) is 0. The zero-order chi connectivity index (χ0) is 15.2. The van der Waals surface area contributed by atoms with Crippen LogP contribution < -0.4 is 15.2 Å². The normalized spacial score (nSPS) is 10.2. The number of nitrogens with zero attached hydrogens (tertiary/aromatic N) is 1. The van der Waals surface area contributed by atoms with Crippen molar-refractivity contribution < 1.29 is 9.47 Å². The fraction of sp³-hybridized carbons (Fsp3) is 0.250. The Labute approximate surface area is 129 Å². The van der Waals surface area contributed by atoms with Crippen molar-refractivity contribution in [1.29, 1.82) is 0 Å². The number of rotatable bonds is 6. The summed E-state index contributed by atoms with van der Waals surface area (Å²) in [5.74, 6) is 1.29. The molecule has 4 nitrogen and oxygen atoms in total. The number of hydrogen-bond acceptors (Lipinski definition) is 4. The molecule has 110 valence electrons. The minimum Gasteiger partial charge on any atom is -0.490 e. The highest BCUT2D eigenvalue weighted by Gasteiger charge is 2.09. The van der Waals surface area contributed by atoms with E-state index in [1.54, 1.807) is 12.3 Å². The molecule has 0 aliphatic rings. The van der Waals surface area contributed by atoms with Gasteiger partial charge in [-0.15, -0.1) is 0 Å². The molecule has 1 heterocycles. The molecule has 0 spiro atoms. The maximum atomic E-state index is 5.82. The largest absolute Gasteiger partial charge is 0.490 e. The second-order valence-electron chi connectivity index (χ2n) is 4.51. The SMILES string of the molecule is CCOc1cc(C(N)=S)ccc1OCc1ncccc1C. The molecule has 0 aliphatic heterocycles. The van der Waals surface area contributed by atoms with Gasteiger partial charge in [-0.3, -0.25) is 4.98 Å². The van der Waals surface area contributed by atoms with Crippen LogP contribution in [-0.4, -0.2) is 16.6 Å². The van der Waals surface area contributed by atoms with Gasteiger partial charge < -0.3 is 15.2 Å². The summed E-state index contributed by atoms with van der Waals surface area (Å²) in [7, 11) is 0. The molecule has 2 rings (SSSR count). The lowest BCUT2D eigenvalue weighted by Gasteiger charge is -2.13. The summed E-state index contributed by atoms with van der Waals surface area (Å²) in [6.45, 7) is 4.85. The van der Waals surface area contributed by atoms with Crippen molar-refractivity contribution in [3.8, 4) is 11.5 Å². The predicted molar refractivity (Wildman–Crippen MR) is 86.8 cm³/mol. The minimum absolute atomic E-state index is 0.336. The van der Waals surface area contributed by atoms with Crippen LogP contribution >= 0.6 is 12.2 Å². The first-order chi connectivity index (χ1) is 10.1. The smallest absolute Gasteiger partial charge is 0.161 e. The Kier molecular flexibility index (Phi) is 5.11. The molecule has 5 heteroatoms. The summed E-state index contributed by atoms with van der Waals surface area (Å²) >= 11 is 4.98. The lowest BCUT2D eigenvalue weighted by molar-refractivity contribution is 0.266. The number of benzene rings is 1. The monoisotopic (exact) mass is 302 g/mol. The Hall–Kier alpha value is -2.14. The fourth-order valence-electron chi connectivity index (χ4n) is 1.86. The van der Waals surface area contributed by atoms with Gasteiger partial charge in [0.25, 0.3) is 0 Å². The van der Waals surface area contributed by atoms with Crippen molar-refractivity contribution in [2.24, 2.45) is 5.73 Å². The molecule has 21 heavy (non-hydrogen) atoms. The van der Waals surface area contributed by atoms with Gasteiger partial charge in [0.15, 0.2) is 11.5 Å². The molecule has 0 bridgehead atoms. The van der Waals surface area contributed by atoms with E-state index in [2.05, 4.69) is 4.98 Å². The van der Waals surface area contributed by atoms with Gasteiger partial charge in [-0.05, 0) is 43.7 Å². The molecule has 0 fully saturated rings. The number of hydrogen-bond donors (Lipinski definition) is 1. The molecule has 0 amide bonds. The number of aryl methyl sites for hydroxylation is 1. The van der Waals surface area contributed by atoms with Crippen molar-refractivity contribution in [3.05, 3.63) is 53.3 Å². The summed E-state index contributed by atoms with van der Waals surface area (Å²) in [5.41, 5.74) is 8.39. The Morgan fingerprint density at radius 1 is 1.24 bits per heavy atom. The van der Waals surface area contributed by atoms with Gasteiger partial charge >= 0.3 is 0 Å². The highest BCUT2D eigenvalue weighted by atomic mass is 32.1. The van der Waals surface area contributed by atoms with Crippen LogP contribution in [0.15, 0.2) is 36.5 Å². The first-order valence-corrected chi connectivity index (χ1v) is 7.12. The molecule has 0 aliphatic carbocycles. The standard InChI is InChI=1S/C16H18N2O2S/c1-3-19-15-9-12(16(17)21)6-7-14(15)20-10-13-11(2)5-4-8-18-13/h4-9H,3,10H2,1-2H3,(H2,17,21). The number of aromatic nitrogens is 1. The van der Waals surface area contributed by atoms with Gasteiger partial charge in [0.2, 0.25) is 0 Å². The first kappa shape index (κ1) is 15.3. The van der Waals surface area contributed by atoms with Gasteiger partial charge in [-0.2, -0.15) is 0 Å². The van der Waals surface area contributed by atoms with Crippen LogP contribution in [0, 0.1) is 6.92 Å². The van der Waals surface area contributed by atoms with E-state index in [4.69, 9.17) is 27.4 Å². The van der Waals surface area contributed by atoms with Crippen LogP contribution in [0.3, 0.4) is 0 Å². The van der Waals surface area contributed by atoms with Gasteiger partial charge in [0.1, 0.15) is 11.6 Å². The average Bonchev–Trinajstić information content (AvgIpc) is 2.47. The van der Waals surface area contributed by atoms with Crippen LogP contribution in [0.4, 0.5) is 0 Å². The van der Waals surface area contributed by atoms with Gasteiger partial charge in [-0.25, -0.2) is 0 Å². The molecule has 0 saturated heterocycles. The molecule has 0 radical (unpaired) electrons. The second-order valence-corrected chi connectivity index (χ2v) is 4.95. The number of thiocarbonyl (C=S) groups is 1. The lowest BCUT2D eigenvalue weighted by Crippen LogP contribution is -2.10. The van der Waals surface area contributed by atoms with Crippen LogP contribution in [-0.2, 0) is 6.61 Å². The van der Waals surface area contributed by atoms with Gasteiger partial charge in [0.05, 0.1) is 12.3 Å².